The normalized spacial score (nSPS) is 13.0. The zero-order chi connectivity index (χ0) is 11.4. The van der Waals surface area contributed by atoms with E-state index >= 15 is 0 Å². The molecule has 0 aliphatic carbocycles. The van der Waals surface area contributed by atoms with Gasteiger partial charge in [-0.25, -0.2) is 0 Å². The van der Waals surface area contributed by atoms with Gasteiger partial charge in [-0.1, -0.05) is 0 Å². The van der Waals surface area contributed by atoms with Crippen LogP contribution in [-0.4, -0.2) is 51.5 Å². The van der Waals surface area contributed by atoms with Crippen LogP contribution >= 0.6 is 11.8 Å². The summed E-state index contributed by atoms with van der Waals surface area (Å²) in [5, 5.41) is 3.48. The minimum atomic E-state index is 0.622. The van der Waals surface area contributed by atoms with Crippen molar-refractivity contribution in [3.63, 3.8) is 0 Å². The van der Waals surface area contributed by atoms with E-state index in [1.807, 2.05) is 11.8 Å². The van der Waals surface area contributed by atoms with E-state index in [-0.39, 0.29) is 0 Å². The second-order valence-electron chi connectivity index (χ2n) is 3.60. The summed E-state index contributed by atoms with van der Waals surface area (Å²) >= 11 is 1.90. The quantitative estimate of drug-likeness (QED) is 0.553. The van der Waals surface area contributed by atoms with Gasteiger partial charge < -0.3 is 14.8 Å². The van der Waals surface area contributed by atoms with Gasteiger partial charge >= 0.3 is 0 Å². The monoisotopic (exact) mass is 235 g/mol. The summed E-state index contributed by atoms with van der Waals surface area (Å²) in [5.74, 6) is 1.23. The molecular formula is C11H25NO2S. The lowest BCUT2D eigenvalue weighted by atomic mass is 10.2. The molecule has 1 atom stereocenters. The molecule has 92 valence electrons. The first kappa shape index (κ1) is 15.2. The lowest BCUT2D eigenvalue weighted by molar-refractivity contribution is 0.0693. The number of hydrogen-bond acceptors (Lipinski definition) is 4. The van der Waals surface area contributed by atoms with Gasteiger partial charge in [-0.2, -0.15) is 11.8 Å². The average molecular weight is 235 g/mol. The van der Waals surface area contributed by atoms with Gasteiger partial charge in [0.2, 0.25) is 0 Å². The van der Waals surface area contributed by atoms with Crippen LogP contribution in [0.2, 0.25) is 0 Å². The Morgan fingerprint density at radius 1 is 1.27 bits per heavy atom. The van der Waals surface area contributed by atoms with E-state index in [2.05, 4.69) is 18.5 Å². The molecule has 0 aromatic heterocycles. The van der Waals surface area contributed by atoms with Crippen molar-refractivity contribution in [2.45, 2.75) is 25.8 Å². The van der Waals surface area contributed by atoms with Crippen molar-refractivity contribution in [1.29, 1.82) is 0 Å². The molecule has 0 aromatic rings. The zero-order valence-electron chi connectivity index (χ0n) is 10.3. The van der Waals surface area contributed by atoms with E-state index in [0.717, 1.165) is 19.6 Å². The molecule has 0 saturated carbocycles. The largest absolute Gasteiger partial charge is 0.382 e. The molecule has 0 fully saturated rings. The molecule has 0 radical (unpaired) electrons. The van der Waals surface area contributed by atoms with E-state index in [9.17, 15) is 0 Å². The van der Waals surface area contributed by atoms with Crippen LogP contribution in [0.1, 0.15) is 19.8 Å². The van der Waals surface area contributed by atoms with Crippen LogP contribution in [0, 0.1) is 0 Å². The van der Waals surface area contributed by atoms with Gasteiger partial charge in [0.25, 0.3) is 0 Å². The molecule has 0 heterocycles. The van der Waals surface area contributed by atoms with Crippen molar-refractivity contribution in [3.05, 3.63) is 0 Å². The third kappa shape index (κ3) is 12.2. The lowest BCUT2D eigenvalue weighted by Gasteiger charge is -2.12. The fraction of sp³-hybridized carbons (Fsp3) is 1.00. The first-order valence-electron chi connectivity index (χ1n) is 5.60. The Morgan fingerprint density at radius 2 is 2.07 bits per heavy atom. The van der Waals surface area contributed by atoms with Gasteiger partial charge in [0.1, 0.15) is 0 Å². The number of hydrogen-bond donors (Lipinski definition) is 1. The van der Waals surface area contributed by atoms with Crippen molar-refractivity contribution in [1.82, 2.24) is 5.32 Å². The molecule has 0 saturated heterocycles. The first-order chi connectivity index (χ1) is 7.31. The maximum Gasteiger partial charge on any atom is 0.0700 e. The number of methoxy groups -OCH3 is 1. The van der Waals surface area contributed by atoms with Crippen molar-refractivity contribution < 1.29 is 9.47 Å². The predicted molar refractivity (Wildman–Crippen MR) is 67.8 cm³/mol. The van der Waals surface area contributed by atoms with Crippen molar-refractivity contribution in [2.75, 3.05) is 45.5 Å². The highest BCUT2D eigenvalue weighted by Crippen LogP contribution is 1.99. The van der Waals surface area contributed by atoms with Crippen LogP contribution in [0.5, 0.6) is 0 Å². The van der Waals surface area contributed by atoms with Gasteiger partial charge in [-0.3, -0.25) is 0 Å². The molecule has 0 aliphatic heterocycles. The summed E-state index contributed by atoms with van der Waals surface area (Å²) in [6.07, 6.45) is 4.47. The van der Waals surface area contributed by atoms with Crippen LogP contribution < -0.4 is 5.32 Å². The SMILES string of the molecule is COCCOCCCNC(C)CCSC. The van der Waals surface area contributed by atoms with Crippen molar-refractivity contribution >= 4 is 11.8 Å². The molecule has 0 rings (SSSR count). The molecule has 4 heteroatoms. The second-order valence-corrected chi connectivity index (χ2v) is 4.58. The summed E-state index contributed by atoms with van der Waals surface area (Å²) in [6, 6.07) is 0.622. The highest BCUT2D eigenvalue weighted by molar-refractivity contribution is 7.98. The van der Waals surface area contributed by atoms with Crippen LogP contribution in [0.4, 0.5) is 0 Å². The number of thioether (sulfide) groups is 1. The maximum absolute atomic E-state index is 5.37. The summed E-state index contributed by atoms with van der Waals surface area (Å²) in [7, 11) is 1.69. The van der Waals surface area contributed by atoms with Gasteiger partial charge in [0.05, 0.1) is 13.2 Å². The third-order valence-electron chi connectivity index (χ3n) is 2.15. The van der Waals surface area contributed by atoms with Crippen molar-refractivity contribution in [3.8, 4) is 0 Å². The number of nitrogens with one attached hydrogen (secondary N) is 1. The molecular weight excluding hydrogens is 210 g/mol. The fourth-order valence-corrected chi connectivity index (χ4v) is 1.75. The van der Waals surface area contributed by atoms with E-state index in [1.54, 1.807) is 7.11 Å². The van der Waals surface area contributed by atoms with Gasteiger partial charge in [-0.05, 0) is 38.3 Å². The topological polar surface area (TPSA) is 30.5 Å². The van der Waals surface area contributed by atoms with Gasteiger partial charge in [0.15, 0.2) is 0 Å². The Balaban J connectivity index is 3.02. The predicted octanol–water partition coefficient (Wildman–Crippen LogP) is 1.77. The van der Waals surface area contributed by atoms with Gasteiger partial charge in [-0.15, -0.1) is 0 Å². The Hall–Kier alpha value is 0.230. The Bertz CT molecular complexity index is 125. The molecule has 15 heavy (non-hydrogen) atoms. The summed E-state index contributed by atoms with van der Waals surface area (Å²) in [6.45, 7) is 5.51. The van der Waals surface area contributed by atoms with Gasteiger partial charge in [0, 0.05) is 19.8 Å². The zero-order valence-corrected chi connectivity index (χ0v) is 11.1. The molecule has 1 unspecified atom stereocenters. The Morgan fingerprint density at radius 3 is 2.73 bits per heavy atom. The summed E-state index contributed by atoms with van der Waals surface area (Å²) in [5.41, 5.74) is 0. The number of ether oxygens (including phenoxy) is 2. The average Bonchev–Trinajstić information content (AvgIpc) is 2.25. The Kier molecular flexibility index (Phi) is 12.5. The molecule has 3 nitrogen and oxygen atoms in total. The van der Waals surface area contributed by atoms with Crippen LogP contribution in [0.15, 0.2) is 0 Å². The summed E-state index contributed by atoms with van der Waals surface area (Å²) in [4.78, 5) is 0. The molecule has 0 aliphatic rings. The summed E-state index contributed by atoms with van der Waals surface area (Å²) < 4.78 is 10.3. The minimum Gasteiger partial charge on any atom is -0.382 e. The highest BCUT2D eigenvalue weighted by Gasteiger charge is 1.99. The maximum atomic E-state index is 5.37. The fourth-order valence-electron chi connectivity index (χ4n) is 1.16. The molecule has 0 aromatic carbocycles. The van der Waals surface area contributed by atoms with Crippen LogP contribution in [-0.2, 0) is 9.47 Å². The molecule has 1 N–H and O–H groups in total. The van der Waals surface area contributed by atoms with E-state index < -0.39 is 0 Å². The smallest absolute Gasteiger partial charge is 0.0700 e. The first-order valence-corrected chi connectivity index (χ1v) is 6.99. The van der Waals surface area contributed by atoms with Crippen LogP contribution in [0.3, 0.4) is 0 Å². The standard InChI is InChI=1S/C11H25NO2S/c1-11(5-10-15-3)12-6-4-7-14-9-8-13-2/h11-12H,4-10H2,1-3H3. The lowest BCUT2D eigenvalue weighted by Crippen LogP contribution is -2.28. The third-order valence-corrected chi connectivity index (χ3v) is 2.79. The van der Waals surface area contributed by atoms with E-state index in [0.29, 0.717) is 19.3 Å². The molecule has 0 amide bonds. The van der Waals surface area contributed by atoms with Crippen LogP contribution in [0.25, 0.3) is 0 Å². The minimum absolute atomic E-state index is 0.622. The molecule has 0 spiro atoms. The number of rotatable bonds is 11. The molecule has 0 bridgehead atoms. The Labute approximate surface area is 98.3 Å². The highest BCUT2D eigenvalue weighted by atomic mass is 32.2. The second kappa shape index (κ2) is 12.3. The van der Waals surface area contributed by atoms with E-state index in [4.69, 9.17) is 9.47 Å². The van der Waals surface area contributed by atoms with E-state index in [1.165, 1.54) is 12.2 Å². The van der Waals surface area contributed by atoms with Crippen molar-refractivity contribution in [2.24, 2.45) is 0 Å².